The summed E-state index contributed by atoms with van der Waals surface area (Å²) in [5.74, 6) is -0.474. The van der Waals surface area contributed by atoms with Gasteiger partial charge < -0.3 is 29.4 Å². The maximum atomic E-state index is 11.2. The summed E-state index contributed by atoms with van der Waals surface area (Å²) in [6, 6.07) is 11.7. The van der Waals surface area contributed by atoms with Gasteiger partial charge in [0.15, 0.2) is 12.0 Å². The Morgan fingerprint density at radius 3 is 2.63 bits per heavy atom. The first-order chi connectivity index (χ1) is 17.0. The number of benzene rings is 1. The number of nitrogens with one attached hydrogen (secondary N) is 1. The fourth-order valence-electron chi connectivity index (χ4n) is 5.14. The van der Waals surface area contributed by atoms with Crippen molar-refractivity contribution in [2.45, 2.75) is 43.7 Å². The number of aliphatic hydroxyl groups is 1. The SMILES string of the molecule is O=C(O)C1CC=C(c2ccc(-c3nc4cc(O[C@@H]5COC6C5OC[C@H]6O)[nH]c4cc3Cl)cc2)CC1. The average molecular weight is 497 g/mol. The number of rotatable bonds is 5. The van der Waals surface area contributed by atoms with E-state index in [0.717, 1.165) is 28.6 Å². The molecule has 182 valence electrons. The van der Waals surface area contributed by atoms with E-state index in [4.69, 9.17) is 30.8 Å². The molecule has 0 bridgehead atoms. The number of carboxylic acid groups (broad SMARTS) is 1. The fraction of sp³-hybridized carbons (Fsp3) is 0.385. The number of aliphatic carboxylic acids is 1. The number of hydrogen-bond acceptors (Lipinski definition) is 6. The van der Waals surface area contributed by atoms with Crippen molar-refractivity contribution in [2.75, 3.05) is 13.2 Å². The molecule has 35 heavy (non-hydrogen) atoms. The molecule has 9 heteroatoms. The topological polar surface area (TPSA) is 114 Å². The summed E-state index contributed by atoms with van der Waals surface area (Å²) in [5, 5.41) is 19.6. The molecule has 0 saturated carbocycles. The van der Waals surface area contributed by atoms with Gasteiger partial charge in [0.2, 0.25) is 0 Å². The molecular formula is C26H25ClN2O6. The largest absolute Gasteiger partial charge is 0.481 e. The number of halogens is 1. The number of allylic oxidation sites excluding steroid dienone is 2. The molecule has 3 aliphatic rings. The Morgan fingerprint density at radius 1 is 1.11 bits per heavy atom. The molecule has 2 fully saturated rings. The van der Waals surface area contributed by atoms with E-state index in [1.165, 1.54) is 5.57 Å². The predicted molar refractivity (Wildman–Crippen MR) is 129 cm³/mol. The maximum Gasteiger partial charge on any atom is 0.306 e. The highest BCUT2D eigenvalue weighted by atomic mass is 35.5. The summed E-state index contributed by atoms with van der Waals surface area (Å²) in [7, 11) is 0. The van der Waals surface area contributed by atoms with Crippen LogP contribution in [0.3, 0.4) is 0 Å². The van der Waals surface area contributed by atoms with E-state index >= 15 is 0 Å². The number of fused-ring (bicyclic) bond motifs is 2. The zero-order chi connectivity index (χ0) is 24.1. The average Bonchev–Trinajstić information content (AvgIpc) is 3.55. The number of aromatic amines is 1. The van der Waals surface area contributed by atoms with Gasteiger partial charge in [0.1, 0.15) is 18.3 Å². The first-order valence-corrected chi connectivity index (χ1v) is 12.1. The zero-order valence-corrected chi connectivity index (χ0v) is 19.6. The minimum absolute atomic E-state index is 0.251. The van der Waals surface area contributed by atoms with E-state index in [2.05, 4.69) is 4.98 Å². The Kier molecular flexibility index (Phi) is 5.76. The lowest BCUT2D eigenvalue weighted by Crippen LogP contribution is -2.34. The quantitative estimate of drug-likeness (QED) is 0.488. The van der Waals surface area contributed by atoms with Crippen molar-refractivity contribution in [3.05, 3.63) is 53.1 Å². The summed E-state index contributed by atoms with van der Waals surface area (Å²) in [6.07, 6.45) is 2.43. The van der Waals surface area contributed by atoms with Crippen molar-refractivity contribution in [1.82, 2.24) is 9.97 Å². The van der Waals surface area contributed by atoms with Crippen LogP contribution in [-0.4, -0.2) is 63.8 Å². The number of H-pyrrole nitrogens is 1. The van der Waals surface area contributed by atoms with Gasteiger partial charge in [-0.3, -0.25) is 4.79 Å². The number of hydrogen-bond donors (Lipinski definition) is 3. The number of nitrogens with zero attached hydrogens (tertiary/aromatic N) is 1. The van der Waals surface area contributed by atoms with Crippen molar-refractivity contribution in [3.8, 4) is 17.1 Å². The molecule has 3 N–H and O–H groups in total. The second-order valence-electron chi connectivity index (χ2n) is 9.32. The van der Waals surface area contributed by atoms with Crippen LogP contribution >= 0.6 is 11.6 Å². The van der Waals surface area contributed by atoms with Crippen LogP contribution < -0.4 is 4.74 Å². The predicted octanol–water partition coefficient (Wildman–Crippen LogP) is 4.06. The lowest BCUT2D eigenvalue weighted by Gasteiger charge is -2.19. The van der Waals surface area contributed by atoms with Gasteiger partial charge in [0.25, 0.3) is 0 Å². The van der Waals surface area contributed by atoms with Gasteiger partial charge in [-0.25, -0.2) is 4.98 Å². The summed E-state index contributed by atoms with van der Waals surface area (Å²) in [6.45, 7) is 0.599. The van der Waals surface area contributed by atoms with Crippen LogP contribution in [0.25, 0.3) is 27.9 Å². The van der Waals surface area contributed by atoms with Crippen LogP contribution in [0.4, 0.5) is 0 Å². The number of aromatic nitrogens is 2. The third-order valence-electron chi connectivity index (χ3n) is 7.08. The molecule has 8 nitrogen and oxygen atoms in total. The Balaban J connectivity index is 1.21. The van der Waals surface area contributed by atoms with Gasteiger partial charge in [-0.05, 0) is 36.5 Å². The summed E-state index contributed by atoms with van der Waals surface area (Å²) in [4.78, 5) is 19.2. The molecule has 2 aliphatic heterocycles. The molecule has 6 rings (SSSR count). The van der Waals surface area contributed by atoms with E-state index in [1.807, 2.05) is 42.5 Å². The molecule has 0 spiro atoms. The van der Waals surface area contributed by atoms with Gasteiger partial charge in [0.05, 0.1) is 40.9 Å². The molecule has 0 radical (unpaired) electrons. The number of carbonyl (C=O) groups is 1. The van der Waals surface area contributed by atoms with Gasteiger partial charge in [-0.15, -0.1) is 0 Å². The monoisotopic (exact) mass is 496 g/mol. The highest BCUT2D eigenvalue weighted by Gasteiger charge is 2.48. The van der Waals surface area contributed by atoms with Gasteiger partial charge in [-0.2, -0.15) is 0 Å². The van der Waals surface area contributed by atoms with E-state index < -0.39 is 12.1 Å². The normalized spacial score (nSPS) is 28.2. The molecule has 3 unspecified atom stereocenters. The van der Waals surface area contributed by atoms with Crippen LogP contribution in [-0.2, 0) is 14.3 Å². The van der Waals surface area contributed by atoms with Crippen molar-refractivity contribution in [1.29, 1.82) is 0 Å². The molecule has 3 aromatic rings. The number of aliphatic hydroxyl groups excluding tert-OH is 1. The molecule has 2 aromatic heterocycles. The Hall–Kier alpha value is -2.91. The molecule has 1 aliphatic carbocycles. The molecule has 1 aromatic carbocycles. The lowest BCUT2D eigenvalue weighted by atomic mass is 9.86. The standard InChI is InChI=1S/C26H25ClN2O6/c27-17-9-18-19(10-22(28-18)35-21-12-34-24-20(30)11-33-25(21)24)29-23(17)15-5-1-13(2-6-15)14-3-7-16(8-4-14)26(31)32/h1-3,5-6,9-10,16,20-21,24-25,28,30H,4,7-8,11-12H2,(H,31,32)/t16?,20-,21-,24?,25?/m1/s1. The fourth-order valence-corrected chi connectivity index (χ4v) is 5.40. The third-order valence-corrected chi connectivity index (χ3v) is 7.37. The lowest BCUT2D eigenvalue weighted by molar-refractivity contribution is -0.141. The highest BCUT2D eigenvalue weighted by molar-refractivity contribution is 6.33. The Morgan fingerprint density at radius 2 is 1.89 bits per heavy atom. The summed E-state index contributed by atoms with van der Waals surface area (Å²) in [5.41, 5.74) is 5.31. The van der Waals surface area contributed by atoms with Crippen LogP contribution in [0.5, 0.6) is 5.88 Å². The molecule has 5 atom stereocenters. The first-order valence-electron chi connectivity index (χ1n) is 11.8. The highest BCUT2D eigenvalue weighted by Crippen LogP contribution is 2.35. The second-order valence-corrected chi connectivity index (χ2v) is 9.73. The van der Waals surface area contributed by atoms with Crippen molar-refractivity contribution in [3.63, 3.8) is 0 Å². The van der Waals surface area contributed by atoms with Crippen molar-refractivity contribution < 1.29 is 29.2 Å². The van der Waals surface area contributed by atoms with Gasteiger partial charge in [0, 0.05) is 11.6 Å². The Labute approximate surface area is 206 Å². The Bertz CT molecular complexity index is 1300. The third kappa shape index (κ3) is 4.21. The molecular weight excluding hydrogens is 472 g/mol. The first kappa shape index (κ1) is 22.5. The minimum atomic E-state index is -0.725. The maximum absolute atomic E-state index is 11.2. The van der Waals surface area contributed by atoms with Gasteiger partial charge >= 0.3 is 5.97 Å². The molecule has 0 amide bonds. The van der Waals surface area contributed by atoms with Crippen molar-refractivity contribution >= 4 is 34.2 Å². The number of carboxylic acids is 1. The van der Waals surface area contributed by atoms with Crippen LogP contribution in [0.15, 0.2) is 42.5 Å². The zero-order valence-electron chi connectivity index (χ0n) is 18.8. The summed E-state index contributed by atoms with van der Waals surface area (Å²) >= 11 is 6.58. The van der Waals surface area contributed by atoms with Gasteiger partial charge in [-0.1, -0.05) is 41.9 Å². The van der Waals surface area contributed by atoms with E-state index in [1.54, 1.807) is 0 Å². The molecule has 4 heterocycles. The summed E-state index contributed by atoms with van der Waals surface area (Å²) < 4.78 is 17.3. The van der Waals surface area contributed by atoms with Crippen LogP contribution in [0, 0.1) is 5.92 Å². The second kappa shape index (κ2) is 8.95. The van der Waals surface area contributed by atoms with Crippen LogP contribution in [0.2, 0.25) is 5.02 Å². The number of ether oxygens (including phenoxy) is 3. The molecule has 2 saturated heterocycles. The van der Waals surface area contributed by atoms with E-state index in [9.17, 15) is 15.0 Å². The van der Waals surface area contributed by atoms with Crippen LogP contribution in [0.1, 0.15) is 24.8 Å². The van der Waals surface area contributed by atoms with E-state index in [-0.39, 0.29) is 30.8 Å². The smallest absolute Gasteiger partial charge is 0.306 e. The minimum Gasteiger partial charge on any atom is -0.481 e. The van der Waals surface area contributed by atoms with Crippen molar-refractivity contribution in [2.24, 2.45) is 5.92 Å². The van der Waals surface area contributed by atoms with E-state index in [0.29, 0.717) is 36.0 Å². The number of pyridine rings is 1.